The number of hydrogen-bond acceptors (Lipinski definition) is 11. The lowest BCUT2D eigenvalue weighted by molar-refractivity contribution is -0.344. The smallest absolute Gasteiger partial charge is 0.460 e. The van der Waals surface area contributed by atoms with Gasteiger partial charge < -0.3 is 40.0 Å². The second kappa shape index (κ2) is 12.2. The van der Waals surface area contributed by atoms with Crippen LogP contribution in [0.4, 0.5) is 30.7 Å². The van der Waals surface area contributed by atoms with E-state index in [2.05, 4.69) is 0 Å². The van der Waals surface area contributed by atoms with Gasteiger partial charge in [0.1, 0.15) is 29.0 Å². The molecule has 1 saturated heterocycles. The molecule has 1 fully saturated rings. The summed E-state index contributed by atoms with van der Waals surface area (Å²) in [6, 6.07) is 2.01. The number of halogens is 7. The number of aliphatic hydroxyl groups is 2. The van der Waals surface area contributed by atoms with Gasteiger partial charge in [-0.2, -0.15) is 30.7 Å². The van der Waals surface area contributed by atoms with Crippen LogP contribution in [0.1, 0.15) is 75.8 Å². The molecule has 2 aliphatic carbocycles. The molecule has 4 unspecified atom stereocenters. The average molecular weight is 724 g/mol. The number of benzene rings is 2. The lowest BCUT2D eigenvalue weighted by atomic mass is 9.72. The first-order valence-electron chi connectivity index (χ1n) is 14.7. The maximum Gasteiger partial charge on any atom is 0.460 e. The van der Waals surface area contributed by atoms with Crippen molar-refractivity contribution >= 4 is 23.3 Å². The van der Waals surface area contributed by atoms with Crippen LogP contribution in [0.3, 0.4) is 0 Å². The third kappa shape index (κ3) is 5.55. The number of ether oxygens (including phenoxy) is 3. The number of methoxy groups -OCH3 is 1. The molecule has 3 aliphatic rings. The number of phenolic OH excluding ortho intramolecular Hbond substituents is 2. The van der Waals surface area contributed by atoms with Gasteiger partial charge in [-0.25, -0.2) is 0 Å². The standard InChI is InChI=1S/C31H28F7NO11/c1-10-22(41)14(39-27(46)29(32,33)30(34,35)31(36,37)38)7-17(49-10)50-16-9-28(47,11(2)40)8-13-19(16)26(45)21-20(24(13)43)23(42)12-5-4-6-15(48-3)18(12)25(21)44/h4-6,10,14,16-17,22,41,43,45,47H,7-9H2,1-3H3,(H,39,46)/t10?,14?,16-,17?,22?,28+/m0/s1. The molecule has 5 rings (SSSR count). The number of phenols is 2. The maximum atomic E-state index is 14.1. The van der Waals surface area contributed by atoms with Crippen molar-refractivity contribution < 1.29 is 84.5 Å². The van der Waals surface area contributed by atoms with E-state index in [-0.39, 0.29) is 16.9 Å². The normalized spacial score (nSPS) is 26.8. The highest BCUT2D eigenvalue weighted by Crippen LogP contribution is 2.53. The molecule has 12 nitrogen and oxygen atoms in total. The Kier molecular flexibility index (Phi) is 8.99. The average Bonchev–Trinajstić information content (AvgIpc) is 3.02. The summed E-state index contributed by atoms with van der Waals surface area (Å²) < 4.78 is 110. The van der Waals surface area contributed by atoms with Crippen LogP contribution >= 0.6 is 0 Å². The predicted octanol–water partition coefficient (Wildman–Crippen LogP) is 3.02. The van der Waals surface area contributed by atoms with Gasteiger partial charge in [-0.05, 0) is 19.9 Å². The molecule has 6 atom stereocenters. The Labute approximate surface area is 276 Å². The van der Waals surface area contributed by atoms with E-state index in [1.54, 1.807) is 0 Å². The number of nitrogens with one attached hydrogen (secondary N) is 1. The minimum atomic E-state index is -6.82. The van der Waals surface area contributed by atoms with Crippen molar-refractivity contribution in [1.82, 2.24) is 5.32 Å². The summed E-state index contributed by atoms with van der Waals surface area (Å²) >= 11 is 0. The summed E-state index contributed by atoms with van der Waals surface area (Å²) in [5.74, 6) is -20.9. The minimum Gasteiger partial charge on any atom is -0.507 e. The topological polar surface area (TPSA) is 189 Å². The van der Waals surface area contributed by atoms with Gasteiger partial charge in [0.2, 0.25) is 5.78 Å². The summed E-state index contributed by atoms with van der Waals surface area (Å²) in [6.45, 7) is 2.06. The van der Waals surface area contributed by atoms with E-state index in [4.69, 9.17) is 14.2 Å². The van der Waals surface area contributed by atoms with Crippen molar-refractivity contribution in [2.75, 3.05) is 7.11 Å². The molecule has 0 spiro atoms. The molecule has 1 heterocycles. The Morgan fingerprint density at radius 2 is 1.62 bits per heavy atom. The molecule has 1 amide bonds. The summed E-state index contributed by atoms with van der Waals surface area (Å²) in [7, 11) is 1.21. The maximum absolute atomic E-state index is 14.1. The Hall–Kier alpha value is -4.33. The van der Waals surface area contributed by atoms with E-state index < -0.39 is 131 Å². The van der Waals surface area contributed by atoms with Crippen LogP contribution in [-0.4, -0.2) is 99.0 Å². The molecule has 50 heavy (non-hydrogen) atoms. The minimum absolute atomic E-state index is 0.0586. The van der Waals surface area contributed by atoms with Crippen LogP contribution < -0.4 is 10.1 Å². The summed E-state index contributed by atoms with van der Waals surface area (Å²) in [6.07, 6.45) is -16.2. The second-order valence-corrected chi connectivity index (χ2v) is 12.2. The fourth-order valence-corrected chi connectivity index (χ4v) is 6.35. The van der Waals surface area contributed by atoms with Crippen LogP contribution in [0.5, 0.6) is 17.2 Å². The fourth-order valence-electron chi connectivity index (χ4n) is 6.35. The van der Waals surface area contributed by atoms with Gasteiger partial charge in [0.25, 0.3) is 5.91 Å². The molecule has 272 valence electrons. The van der Waals surface area contributed by atoms with E-state index in [9.17, 15) is 70.3 Å². The SMILES string of the molecule is COc1cccc2c1C(=O)c1c(O)c3c(c(O)c1C2=O)C[C@](O)(C(C)=O)C[C@@H]3OC1CC(NC(=O)C(F)(F)C(F)(F)C(F)(F)F)C(O)C(C)O1. The van der Waals surface area contributed by atoms with Crippen LogP contribution in [-0.2, 0) is 25.5 Å². The van der Waals surface area contributed by atoms with E-state index in [0.717, 1.165) is 13.8 Å². The number of fused-ring (bicyclic) bond motifs is 3. The van der Waals surface area contributed by atoms with Gasteiger partial charge in [-0.1, -0.05) is 12.1 Å². The molecule has 5 N–H and O–H groups in total. The quantitative estimate of drug-likeness (QED) is 0.178. The zero-order chi connectivity index (χ0) is 37.5. The van der Waals surface area contributed by atoms with Crippen molar-refractivity contribution in [3.05, 3.63) is 51.6 Å². The number of ketones is 3. The Morgan fingerprint density at radius 3 is 2.20 bits per heavy atom. The van der Waals surface area contributed by atoms with E-state index >= 15 is 0 Å². The summed E-state index contributed by atoms with van der Waals surface area (Å²) in [4.78, 5) is 52.0. The van der Waals surface area contributed by atoms with E-state index in [1.807, 2.05) is 0 Å². The number of amides is 1. The van der Waals surface area contributed by atoms with Gasteiger partial charge >= 0.3 is 18.0 Å². The Bertz CT molecular complexity index is 1800. The van der Waals surface area contributed by atoms with Crippen LogP contribution in [0.2, 0.25) is 0 Å². The number of rotatable bonds is 7. The third-order valence-corrected chi connectivity index (χ3v) is 9.11. The van der Waals surface area contributed by atoms with Gasteiger partial charge in [0.15, 0.2) is 17.9 Å². The molecule has 2 aromatic rings. The molecule has 0 saturated carbocycles. The third-order valence-electron chi connectivity index (χ3n) is 9.11. The molecular formula is C31H28F7NO11. The van der Waals surface area contributed by atoms with Gasteiger partial charge in [-0.15, -0.1) is 0 Å². The predicted molar refractivity (Wildman–Crippen MR) is 150 cm³/mol. The highest BCUT2D eigenvalue weighted by molar-refractivity contribution is 6.31. The number of Topliss-reactive ketones (excluding diaryl/α,β-unsaturated/α-hetero) is 1. The van der Waals surface area contributed by atoms with Gasteiger partial charge in [-0.3, -0.25) is 19.2 Å². The Morgan fingerprint density at radius 1 is 1.00 bits per heavy atom. The molecule has 19 heteroatoms. The first-order valence-corrected chi connectivity index (χ1v) is 14.7. The molecule has 1 aliphatic heterocycles. The van der Waals surface area contributed by atoms with Crippen molar-refractivity contribution in [3.8, 4) is 17.2 Å². The zero-order valence-electron chi connectivity index (χ0n) is 26.0. The van der Waals surface area contributed by atoms with Crippen LogP contribution in [0, 0.1) is 0 Å². The molecule has 0 bridgehead atoms. The monoisotopic (exact) mass is 723 g/mol. The van der Waals surface area contributed by atoms with E-state index in [1.165, 1.54) is 30.6 Å². The Balaban J connectivity index is 1.54. The van der Waals surface area contributed by atoms with E-state index in [0.29, 0.717) is 0 Å². The van der Waals surface area contributed by atoms with Crippen molar-refractivity contribution in [2.45, 2.75) is 87.4 Å². The zero-order valence-corrected chi connectivity index (χ0v) is 26.0. The van der Waals surface area contributed by atoms with Gasteiger partial charge in [0.05, 0.1) is 42.0 Å². The number of hydrogen-bond donors (Lipinski definition) is 5. The van der Waals surface area contributed by atoms with Crippen LogP contribution in [0.25, 0.3) is 0 Å². The lowest BCUT2D eigenvalue weighted by Gasteiger charge is -2.43. The van der Waals surface area contributed by atoms with Crippen LogP contribution in [0.15, 0.2) is 18.2 Å². The van der Waals surface area contributed by atoms with Crippen molar-refractivity contribution in [3.63, 3.8) is 0 Å². The molecule has 0 radical (unpaired) electrons. The molecule has 0 aromatic heterocycles. The number of carbonyl (C=O) groups excluding carboxylic acids is 4. The number of carbonyl (C=O) groups is 4. The first-order chi connectivity index (χ1) is 23.0. The van der Waals surface area contributed by atoms with Crippen molar-refractivity contribution in [2.24, 2.45) is 0 Å². The summed E-state index contributed by atoms with van der Waals surface area (Å²) in [5.41, 5.74) is -5.02. The largest absolute Gasteiger partial charge is 0.507 e. The molecular weight excluding hydrogens is 695 g/mol. The first kappa shape index (κ1) is 36.9. The number of aliphatic hydroxyl groups excluding tert-OH is 1. The number of aromatic hydroxyl groups is 2. The number of alkyl halides is 7. The highest BCUT2D eigenvalue weighted by Gasteiger charge is 2.76. The highest BCUT2D eigenvalue weighted by atomic mass is 19.4. The molecule has 2 aromatic carbocycles. The summed E-state index contributed by atoms with van der Waals surface area (Å²) in [5, 5.41) is 45.9. The van der Waals surface area contributed by atoms with Crippen molar-refractivity contribution in [1.29, 1.82) is 0 Å². The van der Waals surface area contributed by atoms with Gasteiger partial charge in [0, 0.05) is 36.0 Å². The lowest BCUT2D eigenvalue weighted by Crippen LogP contribution is -2.63. The second-order valence-electron chi connectivity index (χ2n) is 12.2. The fraction of sp³-hybridized carbons (Fsp3) is 0.484.